The van der Waals surface area contributed by atoms with Gasteiger partial charge in [0.15, 0.2) is 11.5 Å². The summed E-state index contributed by atoms with van der Waals surface area (Å²) in [6.45, 7) is 0. The van der Waals surface area contributed by atoms with Gasteiger partial charge < -0.3 is 14.2 Å². The number of amides is 1. The average Bonchev–Trinajstić information content (AvgIpc) is 2.77. The number of hydrazone groups is 1. The predicted molar refractivity (Wildman–Crippen MR) is 110 cm³/mol. The minimum absolute atomic E-state index is 0.232. The van der Waals surface area contributed by atoms with Crippen molar-refractivity contribution in [2.45, 2.75) is 5.92 Å². The summed E-state index contributed by atoms with van der Waals surface area (Å²) in [6, 6.07) is 20.5. The van der Waals surface area contributed by atoms with Crippen molar-refractivity contribution >= 4 is 12.1 Å². The topological polar surface area (TPSA) is 69.2 Å². The van der Waals surface area contributed by atoms with Crippen LogP contribution in [0.3, 0.4) is 0 Å². The van der Waals surface area contributed by atoms with Crippen LogP contribution in [0.15, 0.2) is 71.8 Å². The summed E-state index contributed by atoms with van der Waals surface area (Å²) in [5.41, 5.74) is 5.05. The lowest BCUT2D eigenvalue weighted by Gasteiger charge is -2.26. The van der Waals surface area contributed by atoms with Gasteiger partial charge in [-0.1, -0.05) is 36.4 Å². The predicted octanol–water partition coefficient (Wildman–Crippen LogP) is 4.09. The van der Waals surface area contributed by atoms with Crippen molar-refractivity contribution in [3.63, 3.8) is 0 Å². The molecule has 0 atom stereocenters. The third-order valence-electron chi connectivity index (χ3n) is 4.74. The van der Waals surface area contributed by atoms with Gasteiger partial charge in [0.25, 0.3) is 5.91 Å². The van der Waals surface area contributed by atoms with Gasteiger partial charge in [-0.2, -0.15) is 5.10 Å². The second-order valence-corrected chi connectivity index (χ2v) is 6.46. The minimum Gasteiger partial charge on any atom is -0.493 e. The van der Waals surface area contributed by atoms with E-state index in [4.69, 9.17) is 14.2 Å². The number of nitrogens with one attached hydrogen (secondary N) is 1. The Balaban J connectivity index is 1.57. The molecule has 3 aromatic carbocycles. The van der Waals surface area contributed by atoms with Crippen LogP contribution in [-0.2, 0) is 4.79 Å². The molecule has 0 aliphatic carbocycles. The first-order valence-electron chi connectivity index (χ1n) is 9.12. The van der Waals surface area contributed by atoms with Crippen LogP contribution < -0.4 is 19.6 Å². The monoisotopic (exact) mass is 388 g/mol. The van der Waals surface area contributed by atoms with E-state index in [9.17, 15) is 4.79 Å². The van der Waals surface area contributed by atoms with Crippen LogP contribution in [0.1, 0.15) is 22.6 Å². The lowest BCUT2D eigenvalue weighted by atomic mass is 9.87. The van der Waals surface area contributed by atoms with Crippen molar-refractivity contribution in [3.8, 4) is 23.0 Å². The van der Waals surface area contributed by atoms with E-state index in [1.807, 2.05) is 54.6 Å². The molecule has 6 heteroatoms. The van der Waals surface area contributed by atoms with Crippen LogP contribution in [0.5, 0.6) is 23.0 Å². The molecule has 1 amide bonds. The zero-order chi connectivity index (χ0) is 20.2. The van der Waals surface area contributed by atoms with E-state index in [1.54, 1.807) is 32.6 Å². The largest absolute Gasteiger partial charge is 0.493 e. The van der Waals surface area contributed by atoms with Gasteiger partial charge in [-0.15, -0.1) is 0 Å². The molecule has 4 rings (SSSR count). The van der Waals surface area contributed by atoms with E-state index in [0.29, 0.717) is 23.0 Å². The third kappa shape index (κ3) is 3.65. The smallest absolute Gasteiger partial charge is 0.252 e. The van der Waals surface area contributed by atoms with E-state index in [-0.39, 0.29) is 5.91 Å². The molecule has 0 saturated carbocycles. The van der Waals surface area contributed by atoms with Crippen molar-refractivity contribution < 1.29 is 19.0 Å². The minimum atomic E-state index is -0.501. The van der Waals surface area contributed by atoms with Gasteiger partial charge in [0.05, 0.1) is 26.4 Å². The maximum absolute atomic E-state index is 13.0. The van der Waals surface area contributed by atoms with Crippen LogP contribution in [0.4, 0.5) is 0 Å². The van der Waals surface area contributed by atoms with Gasteiger partial charge >= 0.3 is 0 Å². The Hall–Kier alpha value is -3.80. The van der Waals surface area contributed by atoms with Gasteiger partial charge in [-0.25, -0.2) is 5.43 Å². The van der Waals surface area contributed by atoms with Crippen LogP contribution in [-0.4, -0.2) is 26.3 Å². The fourth-order valence-electron chi connectivity index (χ4n) is 3.36. The molecule has 0 fully saturated rings. The van der Waals surface area contributed by atoms with Crippen molar-refractivity contribution in [1.29, 1.82) is 0 Å². The highest BCUT2D eigenvalue weighted by atomic mass is 16.5. The SMILES string of the molecule is COc1ccc(C=NNC(=O)C2c3ccccc3Oc3ccccc32)cc1OC. The lowest BCUT2D eigenvalue weighted by Crippen LogP contribution is -2.28. The van der Waals surface area contributed by atoms with Crippen LogP contribution in [0.2, 0.25) is 0 Å². The molecule has 1 N–H and O–H groups in total. The van der Waals surface area contributed by atoms with Gasteiger partial charge in [-0.05, 0) is 35.9 Å². The fourth-order valence-corrected chi connectivity index (χ4v) is 3.36. The number of rotatable bonds is 5. The van der Waals surface area contributed by atoms with Crippen molar-refractivity contribution in [2.75, 3.05) is 14.2 Å². The number of benzene rings is 3. The first-order valence-corrected chi connectivity index (χ1v) is 9.12. The van der Waals surface area contributed by atoms with Crippen molar-refractivity contribution in [2.24, 2.45) is 5.10 Å². The number of hydrogen-bond acceptors (Lipinski definition) is 5. The second kappa shape index (κ2) is 8.06. The van der Waals surface area contributed by atoms with E-state index in [1.165, 1.54) is 0 Å². The fraction of sp³-hybridized carbons (Fsp3) is 0.130. The Labute approximate surface area is 168 Å². The summed E-state index contributed by atoms with van der Waals surface area (Å²) in [5.74, 6) is 1.84. The van der Waals surface area contributed by atoms with Gasteiger partial charge in [0.1, 0.15) is 11.5 Å². The number of hydrogen-bond donors (Lipinski definition) is 1. The van der Waals surface area contributed by atoms with Crippen LogP contribution in [0.25, 0.3) is 0 Å². The summed E-state index contributed by atoms with van der Waals surface area (Å²) in [6.07, 6.45) is 1.57. The molecule has 29 heavy (non-hydrogen) atoms. The highest BCUT2D eigenvalue weighted by Crippen LogP contribution is 2.43. The molecule has 1 aliphatic rings. The number of fused-ring (bicyclic) bond motifs is 2. The van der Waals surface area contributed by atoms with Crippen LogP contribution in [0, 0.1) is 0 Å². The maximum Gasteiger partial charge on any atom is 0.252 e. The zero-order valence-electron chi connectivity index (χ0n) is 16.1. The molecule has 0 unspecified atom stereocenters. The van der Waals surface area contributed by atoms with Crippen LogP contribution >= 0.6 is 0 Å². The third-order valence-corrected chi connectivity index (χ3v) is 4.74. The lowest BCUT2D eigenvalue weighted by molar-refractivity contribution is -0.121. The number of ether oxygens (including phenoxy) is 3. The van der Waals surface area contributed by atoms with E-state index >= 15 is 0 Å². The molecule has 0 bridgehead atoms. The molecule has 146 valence electrons. The van der Waals surface area contributed by atoms with Crippen molar-refractivity contribution in [1.82, 2.24) is 5.43 Å². The summed E-state index contributed by atoms with van der Waals surface area (Å²) in [5, 5.41) is 4.13. The number of methoxy groups -OCH3 is 2. The van der Waals surface area contributed by atoms with Gasteiger partial charge in [0, 0.05) is 11.1 Å². The van der Waals surface area contributed by atoms with E-state index < -0.39 is 5.92 Å². The molecule has 6 nitrogen and oxygen atoms in total. The standard InChI is InChI=1S/C23H20N2O4/c1-27-20-12-11-15(13-21(20)28-2)14-24-25-23(26)22-16-7-3-5-9-18(16)29-19-10-6-4-8-17(19)22/h3-14,22H,1-2H3,(H,25,26). The Morgan fingerprint density at radius 2 is 1.55 bits per heavy atom. The summed E-state index contributed by atoms with van der Waals surface area (Å²) < 4.78 is 16.5. The van der Waals surface area contributed by atoms with Gasteiger partial charge in [0.2, 0.25) is 0 Å². The molecule has 1 aliphatic heterocycles. The molecule has 0 radical (unpaired) electrons. The molecule has 0 spiro atoms. The first-order chi connectivity index (χ1) is 14.2. The highest BCUT2D eigenvalue weighted by molar-refractivity contribution is 5.90. The Morgan fingerprint density at radius 1 is 0.931 bits per heavy atom. The number of para-hydroxylation sites is 2. The zero-order valence-corrected chi connectivity index (χ0v) is 16.1. The normalized spacial score (nSPS) is 12.6. The molecular formula is C23H20N2O4. The van der Waals surface area contributed by atoms with Crippen molar-refractivity contribution in [3.05, 3.63) is 83.4 Å². The Morgan fingerprint density at radius 3 is 2.17 bits per heavy atom. The quantitative estimate of drug-likeness (QED) is 0.528. The molecular weight excluding hydrogens is 368 g/mol. The summed E-state index contributed by atoms with van der Waals surface area (Å²) >= 11 is 0. The van der Waals surface area contributed by atoms with E-state index in [2.05, 4.69) is 10.5 Å². The maximum atomic E-state index is 13.0. The Kier molecular flexibility index (Phi) is 5.16. The molecule has 3 aromatic rings. The average molecular weight is 388 g/mol. The van der Waals surface area contributed by atoms with E-state index in [0.717, 1.165) is 16.7 Å². The molecule has 0 saturated heterocycles. The number of nitrogens with zero attached hydrogens (tertiary/aromatic N) is 1. The highest BCUT2D eigenvalue weighted by Gasteiger charge is 2.32. The number of carbonyl (C=O) groups is 1. The van der Waals surface area contributed by atoms with Gasteiger partial charge in [-0.3, -0.25) is 4.79 Å². The first kappa shape index (κ1) is 18.6. The second-order valence-electron chi connectivity index (χ2n) is 6.46. The molecule has 0 aromatic heterocycles. The summed E-state index contributed by atoms with van der Waals surface area (Å²) in [4.78, 5) is 13.0. The molecule has 1 heterocycles. The number of carbonyl (C=O) groups excluding carboxylic acids is 1. The summed E-state index contributed by atoms with van der Waals surface area (Å²) in [7, 11) is 3.15. The Bertz CT molecular complexity index is 1030.